The van der Waals surface area contributed by atoms with Crippen molar-refractivity contribution in [3.63, 3.8) is 0 Å². The lowest BCUT2D eigenvalue weighted by Gasteiger charge is -2.28. The molecule has 0 aliphatic carbocycles. The molecular weight excluding hydrogens is 486 g/mol. The first-order chi connectivity index (χ1) is 19.8. The Balaban J connectivity index is 1.37. The molecule has 0 amide bonds. The molecule has 40 heavy (non-hydrogen) atoms. The summed E-state index contributed by atoms with van der Waals surface area (Å²) in [6.45, 7) is 0. The number of hydrogen-bond donors (Lipinski definition) is 0. The normalized spacial score (nSPS) is 11.5. The van der Waals surface area contributed by atoms with Crippen LogP contribution in [0.25, 0.3) is 54.6 Å². The van der Waals surface area contributed by atoms with E-state index in [0.29, 0.717) is 0 Å². The van der Waals surface area contributed by atoms with Crippen LogP contribution in [-0.2, 0) is 0 Å². The summed E-state index contributed by atoms with van der Waals surface area (Å²) in [6, 6.07) is 53.9. The summed E-state index contributed by atoms with van der Waals surface area (Å²) in [6.07, 6.45) is 0. The van der Waals surface area contributed by atoms with Gasteiger partial charge >= 0.3 is 0 Å². The number of fused-ring (bicyclic) bond motifs is 5. The van der Waals surface area contributed by atoms with E-state index >= 15 is 0 Å². The largest absolute Gasteiger partial charge is 0.456 e. The van der Waals surface area contributed by atoms with Gasteiger partial charge in [-0.3, -0.25) is 0 Å². The number of hydrogen-bond acceptors (Lipinski definition) is 2. The number of benzene rings is 7. The number of rotatable bonds is 4. The van der Waals surface area contributed by atoms with Crippen molar-refractivity contribution in [3.8, 4) is 11.3 Å². The summed E-state index contributed by atoms with van der Waals surface area (Å²) in [4.78, 5) is 2.35. The summed E-state index contributed by atoms with van der Waals surface area (Å²) in [5, 5.41) is 8.52. The van der Waals surface area contributed by atoms with Gasteiger partial charge in [-0.1, -0.05) is 103 Å². The van der Waals surface area contributed by atoms with Crippen LogP contribution >= 0.6 is 0 Å². The van der Waals surface area contributed by atoms with Crippen molar-refractivity contribution in [1.82, 2.24) is 0 Å². The Morgan fingerprint density at radius 3 is 1.88 bits per heavy atom. The quantitative estimate of drug-likeness (QED) is 0.218. The van der Waals surface area contributed by atoms with Crippen LogP contribution in [-0.4, -0.2) is 0 Å². The summed E-state index contributed by atoms with van der Waals surface area (Å²) in [5.74, 6) is 0.856. The highest BCUT2D eigenvalue weighted by atomic mass is 16.3. The molecule has 0 unspecified atom stereocenters. The molecule has 0 saturated heterocycles. The van der Waals surface area contributed by atoms with E-state index in [9.17, 15) is 0 Å². The van der Waals surface area contributed by atoms with Crippen LogP contribution < -0.4 is 4.90 Å². The van der Waals surface area contributed by atoms with Crippen molar-refractivity contribution in [2.45, 2.75) is 0 Å². The van der Waals surface area contributed by atoms with Crippen LogP contribution in [0.15, 0.2) is 156 Å². The van der Waals surface area contributed by atoms with Gasteiger partial charge < -0.3 is 9.32 Å². The van der Waals surface area contributed by atoms with E-state index in [4.69, 9.17) is 4.42 Å². The van der Waals surface area contributed by atoms with Crippen molar-refractivity contribution >= 4 is 60.3 Å². The number of furan rings is 1. The fourth-order valence-electron chi connectivity index (χ4n) is 5.87. The molecule has 0 spiro atoms. The Morgan fingerprint density at radius 1 is 0.400 bits per heavy atom. The maximum atomic E-state index is 6.38. The summed E-state index contributed by atoms with van der Waals surface area (Å²) >= 11 is 0. The Bertz CT molecular complexity index is 2160. The standard InChI is InChI=1S/C38H25NO/c1-2-11-28-23-31(20-19-26(28)9-1)39(32-21-22-34-29(24-32)18-17-27-10-3-5-13-33(27)34)36-15-7-6-14-35(36)38-25-30-12-4-8-16-37(30)40-38/h1-25H. The minimum Gasteiger partial charge on any atom is -0.456 e. The van der Waals surface area contributed by atoms with Gasteiger partial charge in [0.2, 0.25) is 0 Å². The van der Waals surface area contributed by atoms with E-state index < -0.39 is 0 Å². The zero-order chi connectivity index (χ0) is 26.5. The number of anilines is 3. The number of para-hydroxylation sites is 2. The Morgan fingerprint density at radius 2 is 1.00 bits per heavy atom. The fourth-order valence-corrected chi connectivity index (χ4v) is 5.87. The minimum atomic E-state index is 0.856. The van der Waals surface area contributed by atoms with Crippen LogP contribution in [0.1, 0.15) is 0 Å². The zero-order valence-corrected chi connectivity index (χ0v) is 21.8. The molecule has 188 valence electrons. The van der Waals surface area contributed by atoms with Gasteiger partial charge in [-0.05, 0) is 80.8 Å². The molecule has 1 heterocycles. The van der Waals surface area contributed by atoms with Crippen LogP contribution in [0.2, 0.25) is 0 Å². The van der Waals surface area contributed by atoms with E-state index in [1.165, 1.54) is 32.3 Å². The van der Waals surface area contributed by atoms with Gasteiger partial charge in [0.15, 0.2) is 0 Å². The molecular formula is C38H25NO. The lowest BCUT2D eigenvalue weighted by molar-refractivity contribution is 0.631. The van der Waals surface area contributed by atoms with Crippen molar-refractivity contribution < 1.29 is 4.42 Å². The van der Waals surface area contributed by atoms with Crippen LogP contribution in [0.3, 0.4) is 0 Å². The first-order valence-corrected chi connectivity index (χ1v) is 13.6. The van der Waals surface area contributed by atoms with E-state index in [0.717, 1.165) is 39.4 Å². The molecule has 1 aromatic heterocycles. The zero-order valence-electron chi connectivity index (χ0n) is 21.8. The molecule has 0 fully saturated rings. The second kappa shape index (κ2) is 9.14. The van der Waals surface area contributed by atoms with E-state index in [1.807, 2.05) is 18.2 Å². The van der Waals surface area contributed by atoms with Crippen LogP contribution in [0.5, 0.6) is 0 Å². The van der Waals surface area contributed by atoms with Gasteiger partial charge in [-0.15, -0.1) is 0 Å². The van der Waals surface area contributed by atoms with Gasteiger partial charge in [0.05, 0.1) is 5.69 Å². The average Bonchev–Trinajstić information content (AvgIpc) is 3.46. The molecule has 0 bridgehead atoms. The molecule has 0 radical (unpaired) electrons. The molecule has 0 aliphatic heterocycles. The molecule has 0 atom stereocenters. The molecule has 0 N–H and O–H groups in total. The highest BCUT2D eigenvalue weighted by Crippen LogP contribution is 2.43. The Kier molecular flexibility index (Phi) is 5.17. The predicted molar refractivity (Wildman–Crippen MR) is 169 cm³/mol. The molecule has 8 rings (SSSR count). The maximum absolute atomic E-state index is 6.38. The second-order valence-electron chi connectivity index (χ2n) is 10.2. The highest BCUT2D eigenvalue weighted by Gasteiger charge is 2.20. The van der Waals surface area contributed by atoms with Crippen LogP contribution in [0.4, 0.5) is 17.1 Å². The monoisotopic (exact) mass is 511 g/mol. The van der Waals surface area contributed by atoms with E-state index in [-0.39, 0.29) is 0 Å². The van der Waals surface area contributed by atoms with Crippen molar-refractivity contribution in [2.75, 3.05) is 4.90 Å². The van der Waals surface area contributed by atoms with E-state index in [1.54, 1.807) is 0 Å². The molecule has 7 aromatic carbocycles. The Labute approximate surface area is 232 Å². The van der Waals surface area contributed by atoms with Gasteiger partial charge in [0.1, 0.15) is 11.3 Å². The first kappa shape index (κ1) is 22.6. The van der Waals surface area contributed by atoms with E-state index in [2.05, 4.69) is 138 Å². The molecule has 0 saturated carbocycles. The lowest BCUT2D eigenvalue weighted by atomic mass is 10.0. The average molecular weight is 512 g/mol. The van der Waals surface area contributed by atoms with Gasteiger partial charge in [-0.25, -0.2) is 0 Å². The smallest absolute Gasteiger partial charge is 0.137 e. The molecule has 2 heteroatoms. The third kappa shape index (κ3) is 3.73. The Hall–Kier alpha value is -5.34. The van der Waals surface area contributed by atoms with Crippen molar-refractivity contribution in [3.05, 3.63) is 152 Å². The molecule has 2 nitrogen and oxygen atoms in total. The summed E-state index contributed by atoms with van der Waals surface area (Å²) in [5.41, 5.74) is 5.20. The van der Waals surface area contributed by atoms with Crippen LogP contribution in [0, 0.1) is 0 Å². The maximum Gasteiger partial charge on any atom is 0.137 e. The molecule has 8 aromatic rings. The number of nitrogens with zero attached hydrogens (tertiary/aromatic N) is 1. The van der Waals surface area contributed by atoms with Gasteiger partial charge in [0, 0.05) is 22.3 Å². The molecule has 0 aliphatic rings. The third-order valence-electron chi connectivity index (χ3n) is 7.81. The summed E-state index contributed by atoms with van der Waals surface area (Å²) < 4.78 is 6.38. The first-order valence-electron chi connectivity index (χ1n) is 13.6. The van der Waals surface area contributed by atoms with Gasteiger partial charge in [-0.2, -0.15) is 0 Å². The van der Waals surface area contributed by atoms with Crippen molar-refractivity contribution in [2.24, 2.45) is 0 Å². The van der Waals surface area contributed by atoms with Gasteiger partial charge in [0.25, 0.3) is 0 Å². The van der Waals surface area contributed by atoms with Crippen molar-refractivity contribution in [1.29, 1.82) is 0 Å². The lowest BCUT2D eigenvalue weighted by Crippen LogP contribution is -2.11. The third-order valence-corrected chi connectivity index (χ3v) is 7.81. The SMILES string of the molecule is c1ccc(N(c2ccc3ccccc3c2)c2ccc3c(ccc4ccccc43)c2)c(-c2cc3ccccc3o2)c1. The fraction of sp³-hybridized carbons (Fsp3) is 0. The second-order valence-corrected chi connectivity index (χ2v) is 10.2. The topological polar surface area (TPSA) is 16.4 Å². The summed E-state index contributed by atoms with van der Waals surface area (Å²) in [7, 11) is 0. The highest BCUT2D eigenvalue weighted by molar-refractivity contribution is 6.09. The minimum absolute atomic E-state index is 0.856. The predicted octanol–water partition coefficient (Wildman–Crippen LogP) is 11.0.